The smallest absolute Gasteiger partial charge is 0.248 e. The molecule has 1 amide bonds. The summed E-state index contributed by atoms with van der Waals surface area (Å²) in [5.74, 6) is 0.0718. The average Bonchev–Trinajstić information content (AvgIpc) is 2.89. The number of nitrogens with zero attached hydrogens (tertiary/aromatic N) is 2. The highest BCUT2D eigenvalue weighted by atomic mass is 79.9. The van der Waals surface area contributed by atoms with Crippen LogP contribution in [0.25, 0.3) is 0 Å². The number of aromatic nitrogens is 1. The molecule has 1 aromatic rings. The Morgan fingerprint density at radius 1 is 1.41 bits per heavy atom. The van der Waals surface area contributed by atoms with Gasteiger partial charge in [0.25, 0.3) is 0 Å². The number of nitrogens with one attached hydrogen (secondary N) is 1. The topological polar surface area (TPSA) is 54.4 Å². The van der Waals surface area contributed by atoms with E-state index in [-0.39, 0.29) is 5.91 Å². The highest BCUT2D eigenvalue weighted by Crippen LogP contribution is 2.34. The van der Waals surface area contributed by atoms with Crippen molar-refractivity contribution in [2.45, 2.75) is 24.8 Å². The molecule has 0 unspecified atom stereocenters. The third-order valence-electron chi connectivity index (χ3n) is 3.39. The number of carbonyl (C=O) groups is 1. The van der Waals surface area contributed by atoms with E-state index < -0.39 is 5.54 Å². The van der Waals surface area contributed by atoms with Crippen molar-refractivity contribution in [2.75, 3.05) is 6.54 Å². The van der Waals surface area contributed by atoms with E-state index in [0.717, 1.165) is 41.7 Å². The van der Waals surface area contributed by atoms with Crippen LogP contribution >= 0.6 is 15.9 Å². The van der Waals surface area contributed by atoms with E-state index >= 15 is 0 Å². The summed E-state index contributed by atoms with van der Waals surface area (Å²) in [5, 5.41) is 2.86. The van der Waals surface area contributed by atoms with E-state index in [2.05, 4.69) is 31.2 Å². The van der Waals surface area contributed by atoms with Crippen molar-refractivity contribution in [3.8, 4) is 0 Å². The van der Waals surface area contributed by atoms with E-state index in [4.69, 9.17) is 0 Å². The zero-order chi connectivity index (χ0) is 11.9. The highest BCUT2D eigenvalue weighted by molar-refractivity contribution is 9.10. The second-order valence-electron chi connectivity index (χ2n) is 4.46. The summed E-state index contributed by atoms with van der Waals surface area (Å²) in [4.78, 5) is 20.7. The van der Waals surface area contributed by atoms with Crippen LogP contribution in [0.3, 0.4) is 0 Å². The Morgan fingerprint density at radius 3 is 3.00 bits per heavy atom. The van der Waals surface area contributed by atoms with Crippen LogP contribution in [-0.2, 0) is 4.79 Å². The number of hydrogen-bond donors (Lipinski definition) is 1. The molecule has 0 aliphatic carbocycles. The van der Waals surface area contributed by atoms with Gasteiger partial charge in [0.1, 0.15) is 5.54 Å². The third-order valence-corrected chi connectivity index (χ3v) is 3.88. The van der Waals surface area contributed by atoms with Crippen molar-refractivity contribution in [2.24, 2.45) is 4.99 Å². The maximum Gasteiger partial charge on any atom is 0.248 e. The quantitative estimate of drug-likeness (QED) is 0.857. The van der Waals surface area contributed by atoms with E-state index in [9.17, 15) is 4.79 Å². The molecule has 3 heterocycles. The van der Waals surface area contributed by atoms with Crippen molar-refractivity contribution < 1.29 is 4.79 Å². The molecule has 1 fully saturated rings. The van der Waals surface area contributed by atoms with Crippen LogP contribution in [0.4, 0.5) is 0 Å². The molecule has 2 aliphatic rings. The van der Waals surface area contributed by atoms with Crippen LogP contribution in [0.1, 0.15) is 25.0 Å². The Morgan fingerprint density at radius 2 is 2.29 bits per heavy atom. The summed E-state index contributed by atoms with van der Waals surface area (Å²) in [6, 6.07) is 3.84. The number of hydrogen-bond acceptors (Lipinski definition) is 3. The lowest BCUT2D eigenvalue weighted by Crippen LogP contribution is -2.33. The van der Waals surface area contributed by atoms with Crippen molar-refractivity contribution in [1.82, 2.24) is 10.3 Å². The fraction of sp³-hybridized carbons (Fsp3) is 0.417. The van der Waals surface area contributed by atoms with Gasteiger partial charge in [-0.05, 0) is 31.4 Å². The zero-order valence-corrected chi connectivity index (χ0v) is 10.8. The summed E-state index contributed by atoms with van der Waals surface area (Å²) < 4.78 is 0.988. The van der Waals surface area contributed by atoms with Gasteiger partial charge in [-0.15, -0.1) is 0 Å². The van der Waals surface area contributed by atoms with E-state index in [0.29, 0.717) is 0 Å². The van der Waals surface area contributed by atoms with Crippen molar-refractivity contribution in [3.05, 3.63) is 28.5 Å². The second-order valence-corrected chi connectivity index (χ2v) is 5.37. The van der Waals surface area contributed by atoms with Gasteiger partial charge in [0.2, 0.25) is 5.91 Å². The number of carbonyl (C=O) groups excluding carboxylic acids is 1. The molecular weight excluding hydrogens is 282 g/mol. The third kappa shape index (κ3) is 1.78. The van der Waals surface area contributed by atoms with E-state index in [1.807, 2.05) is 12.1 Å². The molecule has 1 saturated heterocycles. The van der Waals surface area contributed by atoms with Crippen LogP contribution < -0.4 is 5.32 Å². The van der Waals surface area contributed by atoms with Gasteiger partial charge in [0, 0.05) is 17.2 Å². The fourth-order valence-electron chi connectivity index (χ4n) is 2.45. The van der Waals surface area contributed by atoms with Gasteiger partial charge in [0.05, 0.1) is 11.4 Å². The summed E-state index contributed by atoms with van der Waals surface area (Å²) in [7, 11) is 0. The Labute approximate surface area is 108 Å². The Hall–Kier alpha value is -1.23. The first-order valence-corrected chi connectivity index (χ1v) is 6.48. The molecule has 1 spiro atoms. The number of amides is 1. The molecule has 1 N–H and O–H groups in total. The van der Waals surface area contributed by atoms with Crippen molar-refractivity contribution in [1.29, 1.82) is 0 Å². The minimum Gasteiger partial charge on any atom is -0.354 e. The molecule has 17 heavy (non-hydrogen) atoms. The minimum atomic E-state index is -0.501. The molecule has 0 aromatic carbocycles. The molecule has 5 heteroatoms. The zero-order valence-electron chi connectivity index (χ0n) is 9.24. The monoisotopic (exact) mass is 293 g/mol. The number of aliphatic imine (C=N–C) groups is 1. The number of halogens is 1. The molecule has 1 atom stereocenters. The molecule has 1 aromatic heterocycles. The van der Waals surface area contributed by atoms with Crippen LogP contribution in [0, 0.1) is 0 Å². The van der Waals surface area contributed by atoms with Gasteiger partial charge >= 0.3 is 0 Å². The first-order chi connectivity index (χ1) is 8.20. The van der Waals surface area contributed by atoms with Gasteiger partial charge in [-0.1, -0.05) is 15.9 Å². The number of pyridine rings is 1. The second kappa shape index (κ2) is 3.91. The summed E-state index contributed by atoms with van der Waals surface area (Å²) in [5.41, 5.74) is 1.32. The molecule has 2 aliphatic heterocycles. The van der Waals surface area contributed by atoms with Gasteiger partial charge in [0.15, 0.2) is 0 Å². The molecule has 4 nitrogen and oxygen atoms in total. The molecule has 0 radical (unpaired) electrons. The molecule has 88 valence electrons. The van der Waals surface area contributed by atoms with Crippen molar-refractivity contribution in [3.63, 3.8) is 0 Å². The lowest BCUT2D eigenvalue weighted by atomic mass is 9.95. The van der Waals surface area contributed by atoms with E-state index in [1.54, 1.807) is 6.20 Å². The van der Waals surface area contributed by atoms with Crippen LogP contribution in [-0.4, -0.2) is 28.7 Å². The predicted octanol–water partition coefficient (Wildman–Crippen LogP) is 1.69. The Bertz CT molecular complexity index is 514. The lowest BCUT2D eigenvalue weighted by molar-refractivity contribution is -0.123. The maximum absolute atomic E-state index is 11.8. The molecule has 3 rings (SSSR count). The largest absolute Gasteiger partial charge is 0.354 e. The summed E-state index contributed by atoms with van der Waals surface area (Å²) in [6.07, 6.45) is 4.20. The SMILES string of the molecule is O=C1NCC[C@@]12CCC(c1cc(Br)ccn1)=N2. The lowest BCUT2D eigenvalue weighted by Gasteiger charge is -2.14. The van der Waals surface area contributed by atoms with Gasteiger partial charge < -0.3 is 5.32 Å². The molecule has 0 bridgehead atoms. The van der Waals surface area contributed by atoms with Gasteiger partial charge in [-0.25, -0.2) is 0 Å². The summed E-state index contributed by atoms with van der Waals surface area (Å²) in [6.45, 7) is 0.738. The van der Waals surface area contributed by atoms with Crippen LogP contribution in [0.2, 0.25) is 0 Å². The maximum atomic E-state index is 11.8. The van der Waals surface area contributed by atoms with Crippen LogP contribution in [0.5, 0.6) is 0 Å². The first-order valence-electron chi connectivity index (χ1n) is 5.69. The Balaban J connectivity index is 1.96. The predicted molar refractivity (Wildman–Crippen MR) is 68.1 cm³/mol. The Kier molecular flexibility index (Phi) is 2.50. The fourth-order valence-corrected chi connectivity index (χ4v) is 2.78. The standard InChI is InChI=1S/C12H12BrN3O/c13-8-2-5-14-10(7-8)9-1-3-12(16-9)4-6-15-11(12)17/h2,5,7H,1,3-4,6H2,(H,15,17)/t12-/m0/s1. The van der Waals surface area contributed by atoms with E-state index in [1.165, 1.54) is 0 Å². The van der Waals surface area contributed by atoms with Gasteiger partial charge in [-0.3, -0.25) is 14.8 Å². The minimum absolute atomic E-state index is 0.0718. The highest BCUT2D eigenvalue weighted by Gasteiger charge is 2.45. The van der Waals surface area contributed by atoms with Crippen LogP contribution in [0.15, 0.2) is 27.8 Å². The normalized spacial score (nSPS) is 27.4. The molecule has 0 saturated carbocycles. The summed E-state index contributed by atoms with van der Waals surface area (Å²) >= 11 is 3.42. The van der Waals surface area contributed by atoms with Gasteiger partial charge in [-0.2, -0.15) is 0 Å². The molecular formula is C12H12BrN3O. The number of rotatable bonds is 1. The van der Waals surface area contributed by atoms with Crippen molar-refractivity contribution >= 4 is 27.5 Å². The average molecular weight is 294 g/mol. The first kappa shape index (κ1) is 10.9.